The number of benzene rings is 1. The average molecular weight is 285 g/mol. The molecule has 108 valence electrons. The second kappa shape index (κ2) is 8.41. The molecule has 19 heavy (non-hydrogen) atoms. The Hall–Kier alpha value is -0.770. The molecule has 1 rings (SSSR count). The lowest BCUT2D eigenvalue weighted by atomic mass is 10.1. The molecule has 4 heteroatoms. The van der Waals surface area contributed by atoms with Gasteiger partial charge in [-0.15, -0.1) is 0 Å². The van der Waals surface area contributed by atoms with Crippen LogP contribution in [0.25, 0.3) is 0 Å². The molecule has 0 atom stereocenters. The largest absolute Gasteiger partial charge is 0.395 e. The van der Waals surface area contributed by atoms with Gasteiger partial charge in [0.2, 0.25) is 0 Å². The van der Waals surface area contributed by atoms with Gasteiger partial charge in [0.25, 0.3) is 0 Å². The van der Waals surface area contributed by atoms with Gasteiger partial charge in [0.15, 0.2) is 0 Å². The molecule has 0 saturated heterocycles. The molecule has 0 fully saturated rings. The number of anilines is 1. The van der Waals surface area contributed by atoms with Crippen LogP contribution in [0, 0.1) is 0 Å². The van der Waals surface area contributed by atoms with Gasteiger partial charge in [-0.1, -0.05) is 44.5 Å². The second-order valence-corrected chi connectivity index (χ2v) is 5.40. The van der Waals surface area contributed by atoms with E-state index in [0.717, 1.165) is 30.2 Å². The Kier molecular flexibility index (Phi) is 7.21. The zero-order valence-corrected chi connectivity index (χ0v) is 12.9. The van der Waals surface area contributed by atoms with E-state index in [2.05, 4.69) is 37.1 Å². The van der Waals surface area contributed by atoms with E-state index in [-0.39, 0.29) is 6.61 Å². The highest BCUT2D eigenvalue weighted by molar-refractivity contribution is 6.33. The molecule has 0 radical (unpaired) electrons. The van der Waals surface area contributed by atoms with Gasteiger partial charge >= 0.3 is 0 Å². The monoisotopic (exact) mass is 284 g/mol. The zero-order valence-electron chi connectivity index (χ0n) is 12.1. The highest BCUT2D eigenvalue weighted by atomic mass is 35.5. The maximum Gasteiger partial charge on any atom is 0.0642 e. The quantitative estimate of drug-likeness (QED) is 0.770. The van der Waals surface area contributed by atoms with Crippen LogP contribution in [0.15, 0.2) is 18.2 Å². The van der Waals surface area contributed by atoms with Crippen molar-refractivity contribution < 1.29 is 5.11 Å². The van der Waals surface area contributed by atoms with Crippen molar-refractivity contribution >= 4 is 17.3 Å². The number of nitrogens with one attached hydrogen (secondary N) is 1. The minimum Gasteiger partial charge on any atom is -0.395 e. The summed E-state index contributed by atoms with van der Waals surface area (Å²) in [6, 6.07) is 6.42. The number of nitrogens with zero attached hydrogens (tertiary/aromatic N) is 1. The van der Waals surface area contributed by atoms with Gasteiger partial charge in [0.1, 0.15) is 0 Å². The summed E-state index contributed by atoms with van der Waals surface area (Å²) in [5.74, 6) is 0. The fourth-order valence-corrected chi connectivity index (χ4v) is 2.41. The summed E-state index contributed by atoms with van der Waals surface area (Å²) in [5, 5.41) is 13.4. The SMILES string of the molecule is CCCN(CCO)c1c(Cl)cccc1CNC(C)C. The van der Waals surface area contributed by atoms with Crippen LogP contribution in [0.1, 0.15) is 32.8 Å². The standard InChI is InChI=1S/C15H25ClN2O/c1-4-8-18(9-10-19)15-13(11-17-12(2)3)6-5-7-14(15)16/h5-7,12,17,19H,4,8-11H2,1-3H3. The van der Waals surface area contributed by atoms with Crippen molar-refractivity contribution in [3.63, 3.8) is 0 Å². The molecule has 0 heterocycles. The highest BCUT2D eigenvalue weighted by Gasteiger charge is 2.14. The van der Waals surface area contributed by atoms with E-state index in [1.165, 1.54) is 5.56 Å². The number of rotatable bonds is 8. The molecule has 0 aliphatic carbocycles. The first-order valence-electron chi connectivity index (χ1n) is 6.96. The topological polar surface area (TPSA) is 35.5 Å². The van der Waals surface area contributed by atoms with E-state index < -0.39 is 0 Å². The Morgan fingerprint density at radius 3 is 2.63 bits per heavy atom. The van der Waals surface area contributed by atoms with Gasteiger partial charge in [0.05, 0.1) is 17.3 Å². The van der Waals surface area contributed by atoms with Crippen LogP contribution in [0.2, 0.25) is 5.02 Å². The molecule has 1 aromatic rings. The smallest absolute Gasteiger partial charge is 0.0642 e. The summed E-state index contributed by atoms with van der Waals surface area (Å²) < 4.78 is 0. The number of para-hydroxylation sites is 1. The average Bonchev–Trinajstić information content (AvgIpc) is 2.36. The summed E-state index contributed by atoms with van der Waals surface area (Å²) in [6.45, 7) is 8.84. The molecule has 1 aromatic carbocycles. The number of hydrogen-bond acceptors (Lipinski definition) is 3. The Bertz CT molecular complexity index is 376. The molecule has 0 bridgehead atoms. The fourth-order valence-electron chi connectivity index (χ4n) is 2.10. The van der Waals surface area contributed by atoms with Crippen LogP contribution in [0.3, 0.4) is 0 Å². The molecular weight excluding hydrogens is 260 g/mol. The van der Waals surface area contributed by atoms with Gasteiger partial charge in [-0.05, 0) is 18.1 Å². The molecule has 0 unspecified atom stereocenters. The molecule has 2 N–H and O–H groups in total. The normalized spacial score (nSPS) is 11.1. The van der Waals surface area contributed by atoms with Crippen molar-refractivity contribution in [2.45, 2.75) is 39.8 Å². The minimum absolute atomic E-state index is 0.141. The predicted molar refractivity (Wildman–Crippen MR) is 83.0 cm³/mol. The molecule has 0 spiro atoms. The van der Waals surface area contributed by atoms with Gasteiger partial charge in [-0.25, -0.2) is 0 Å². The van der Waals surface area contributed by atoms with Crippen molar-refractivity contribution in [3.8, 4) is 0 Å². The van der Waals surface area contributed by atoms with Crippen molar-refractivity contribution in [2.75, 3.05) is 24.6 Å². The van der Waals surface area contributed by atoms with Crippen LogP contribution in [-0.4, -0.2) is 30.8 Å². The van der Waals surface area contributed by atoms with Crippen molar-refractivity contribution in [1.82, 2.24) is 5.32 Å². The summed E-state index contributed by atoms with van der Waals surface area (Å²) >= 11 is 6.36. The number of halogens is 1. The van der Waals surface area contributed by atoms with Crippen LogP contribution < -0.4 is 10.2 Å². The third-order valence-electron chi connectivity index (χ3n) is 2.95. The molecule has 0 amide bonds. The van der Waals surface area contributed by atoms with Crippen molar-refractivity contribution in [2.24, 2.45) is 0 Å². The van der Waals surface area contributed by atoms with Gasteiger partial charge in [-0.3, -0.25) is 0 Å². The Morgan fingerprint density at radius 1 is 1.32 bits per heavy atom. The lowest BCUT2D eigenvalue weighted by Crippen LogP contribution is -2.30. The maximum atomic E-state index is 9.22. The number of aliphatic hydroxyl groups is 1. The van der Waals surface area contributed by atoms with Crippen molar-refractivity contribution in [1.29, 1.82) is 0 Å². The fraction of sp³-hybridized carbons (Fsp3) is 0.600. The minimum atomic E-state index is 0.141. The molecular formula is C15H25ClN2O. The Balaban J connectivity index is 2.99. The zero-order chi connectivity index (χ0) is 14.3. The first-order chi connectivity index (χ1) is 9.10. The van der Waals surface area contributed by atoms with Gasteiger partial charge in [-0.2, -0.15) is 0 Å². The van der Waals surface area contributed by atoms with E-state index in [1.54, 1.807) is 0 Å². The van der Waals surface area contributed by atoms with Gasteiger partial charge in [0, 0.05) is 25.7 Å². The lowest BCUT2D eigenvalue weighted by Gasteiger charge is -2.27. The Morgan fingerprint density at radius 2 is 2.05 bits per heavy atom. The van der Waals surface area contributed by atoms with E-state index in [4.69, 9.17) is 11.6 Å². The van der Waals surface area contributed by atoms with Gasteiger partial charge < -0.3 is 15.3 Å². The second-order valence-electron chi connectivity index (χ2n) is 4.99. The number of aliphatic hydroxyl groups excluding tert-OH is 1. The first kappa shape index (κ1) is 16.3. The molecule has 3 nitrogen and oxygen atoms in total. The van der Waals surface area contributed by atoms with Crippen LogP contribution >= 0.6 is 11.6 Å². The third-order valence-corrected chi connectivity index (χ3v) is 3.26. The van der Waals surface area contributed by atoms with E-state index in [1.807, 2.05) is 12.1 Å². The summed E-state index contributed by atoms with van der Waals surface area (Å²) in [5.41, 5.74) is 2.23. The summed E-state index contributed by atoms with van der Waals surface area (Å²) in [6.07, 6.45) is 1.03. The van der Waals surface area contributed by atoms with E-state index in [9.17, 15) is 5.11 Å². The predicted octanol–water partition coefficient (Wildman–Crippen LogP) is 3.05. The highest BCUT2D eigenvalue weighted by Crippen LogP contribution is 2.30. The van der Waals surface area contributed by atoms with Crippen LogP contribution in [0.4, 0.5) is 5.69 Å². The molecule has 0 aliphatic heterocycles. The lowest BCUT2D eigenvalue weighted by molar-refractivity contribution is 0.301. The summed E-state index contributed by atoms with van der Waals surface area (Å²) in [4.78, 5) is 2.17. The summed E-state index contributed by atoms with van der Waals surface area (Å²) in [7, 11) is 0. The van der Waals surface area contributed by atoms with Crippen LogP contribution in [-0.2, 0) is 6.54 Å². The number of hydrogen-bond donors (Lipinski definition) is 2. The van der Waals surface area contributed by atoms with Crippen LogP contribution in [0.5, 0.6) is 0 Å². The molecule has 0 saturated carbocycles. The van der Waals surface area contributed by atoms with E-state index >= 15 is 0 Å². The Labute approximate surface area is 121 Å². The molecule has 0 aromatic heterocycles. The van der Waals surface area contributed by atoms with E-state index in [0.29, 0.717) is 12.6 Å². The maximum absolute atomic E-state index is 9.22. The first-order valence-corrected chi connectivity index (χ1v) is 7.34. The molecule has 0 aliphatic rings. The third kappa shape index (κ3) is 5.01. The van der Waals surface area contributed by atoms with Crippen molar-refractivity contribution in [3.05, 3.63) is 28.8 Å².